The van der Waals surface area contributed by atoms with Crippen molar-refractivity contribution in [3.63, 3.8) is 0 Å². The van der Waals surface area contributed by atoms with Crippen LogP contribution in [0.15, 0.2) is 91.0 Å². The minimum atomic E-state index is -5.40. The molecule has 4 aromatic rings. The van der Waals surface area contributed by atoms with Crippen LogP contribution in [0.5, 0.6) is 0 Å². The van der Waals surface area contributed by atoms with E-state index in [1.54, 1.807) is 36.4 Å². The van der Waals surface area contributed by atoms with Crippen molar-refractivity contribution in [3.8, 4) is 0 Å². The van der Waals surface area contributed by atoms with E-state index in [0.717, 1.165) is 5.39 Å². The third kappa shape index (κ3) is 8.10. The first kappa shape index (κ1) is 32.2. The molecule has 0 bridgehead atoms. The monoisotopic (exact) mass is 678 g/mol. The van der Waals surface area contributed by atoms with Gasteiger partial charge in [0.1, 0.15) is 0 Å². The van der Waals surface area contributed by atoms with Crippen molar-refractivity contribution < 1.29 is 21.8 Å². The molecule has 4 rings (SSSR count). The van der Waals surface area contributed by atoms with Crippen molar-refractivity contribution >= 4 is 43.5 Å². The van der Waals surface area contributed by atoms with Gasteiger partial charge in [-0.2, -0.15) is 17.2 Å². The van der Waals surface area contributed by atoms with Gasteiger partial charge in [-0.3, -0.25) is 4.55 Å². The third-order valence-electron chi connectivity index (χ3n) is 6.79. The standard InChI is InChI=1S/C21H27I.C12H10F2O3S/c1-20(2,3)17-11-7-15(8-12-17)19(22)16-9-13-18(14-10-16)21(4,5)6;13-12(14,18(15,16)17)8-10-6-3-5-9-4-1-2-7-11(9)10/h7-14,19H,1-6H3;1-7H,8H2,(H,15,16,17). The van der Waals surface area contributed by atoms with Crippen molar-refractivity contribution in [2.75, 3.05) is 0 Å². The van der Waals surface area contributed by atoms with Crippen molar-refractivity contribution in [2.45, 2.75) is 68.0 Å². The molecule has 0 spiro atoms. The molecule has 214 valence electrons. The van der Waals surface area contributed by atoms with Gasteiger partial charge in [0, 0.05) is 0 Å². The summed E-state index contributed by atoms with van der Waals surface area (Å²) in [6.45, 7) is 13.6. The average Bonchev–Trinajstić information content (AvgIpc) is 2.87. The molecule has 0 fully saturated rings. The highest BCUT2D eigenvalue weighted by molar-refractivity contribution is 14.1. The number of benzene rings is 4. The van der Waals surface area contributed by atoms with Gasteiger partial charge in [-0.05, 0) is 49.4 Å². The molecule has 4 aromatic carbocycles. The fraction of sp³-hybridized carbons (Fsp3) is 0.333. The zero-order valence-electron chi connectivity index (χ0n) is 23.8. The molecule has 0 radical (unpaired) electrons. The maximum Gasteiger partial charge on any atom is 0.373 e. The average molecular weight is 679 g/mol. The molecule has 1 N–H and O–H groups in total. The molecule has 0 aliphatic carbocycles. The highest BCUT2D eigenvalue weighted by Gasteiger charge is 2.44. The molecule has 0 saturated heterocycles. The van der Waals surface area contributed by atoms with Crippen LogP contribution in [0.3, 0.4) is 0 Å². The zero-order valence-corrected chi connectivity index (χ0v) is 26.7. The van der Waals surface area contributed by atoms with Gasteiger partial charge in [0.15, 0.2) is 0 Å². The topological polar surface area (TPSA) is 54.4 Å². The molecular weight excluding hydrogens is 641 g/mol. The Labute approximate surface area is 250 Å². The van der Waals surface area contributed by atoms with E-state index in [1.807, 2.05) is 0 Å². The molecule has 0 aliphatic heterocycles. The zero-order chi connectivity index (χ0) is 29.9. The fourth-order valence-electron chi connectivity index (χ4n) is 4.26. The van der Waals surface area contributed by atoms with Crippen molar-refractivity contribution in [1.82, 2.24) is 0 Å². The summed E-state index contributed by atoms with van der Waals surface area (Å²) in [5, 5.41) is -2.90. The Hall–Kier alpha value is -2.36. The highest BCUT2D eigenvalue weighted by Crippen LogP contribution is 2.34. The van der Waals surface area contributed by atoms with Gasteiger partial charge in [0.25, 0.3) is 0 Å². The van der Waals surface area contributed by atoms with E-state index in [4.69, 9.17) is 4.55 Å². The summed E-state index contributed by atoms with van der Waals surface area (Å²) in [7, 11) is -5.40. The van der Waals surface area contributed by atoms with Crippen LogP contribution in [0.1, 0.15) is 73.3 Å². The third-order valence-corrected chi connectivity index (χ3v) is 9.13. The van der Waals surface area contributed by atoms with Crippen LogP contribution in [0.4, 0.5) is 8.78 Å². The van der Waals surface area contributed by atoms with Crippen LogP contribution < -0.4 is 0 Å². The molecule has 0 aliphatic rings. The number of alkyl halides is 3. The lowest BCUT2D eigenvalue weighted by atomic mass is 9.85. The minimum absolute atomic E-state index is 0.177. The lowest BCUT2D eigenvalue weighted by Crippen LogP contribution is -2.30. The Balaban J connectivity index is 0.000000225. The number of hydrogen-bond donors (Lipinski definition) is 1. The molecule has 0 amide bonds. The van der Waals surface area contributed by atoms with E-state index < -0.39 is 21.8 Å². The quantitative estimate of drug-likeness (QED) is 0.130. The molecule has 0 unspecified atom stereocenters. The predicted octanol–water partition coefficient (Wildman–Crippen LogP) is 9.67. The Morgan fingerprint density at radius 3 is 1.55 bits per heavy atom. The highest BCUT2D eigenvalue weighted by atomic mass is 127. The second kappa shape index (κ2) is 12.2. The summed E-state index contributed by atoms with van der Waals surface area (Å²) < 4.78 is 56.7. The number of rotatable bonds is 5. The van der Waals surface area contributed by atoms with E-state index in [9.17, 15) is 17.2 Å². The fourth-order valence-corrected chi connectivity index (χ4v) is 5.42. The Morgan fingerprint density at radius 1 is 0.700 bits per heavy atom. The van der Waals surface area contributed by atoms with E-state index in [2.05, 4.69) is 113 Å². The Morgan fingerprint density at radius 2 is 1.12 bits per heavy atom. The molecule has 0 atom stereocenters. The first-order valence-corrected chi connectivity index (χ1v) is 15.8. The maximum atomic E-state index is 13.3. The van der Waals surface area contributed by atoms with E-state index >= 15 is 0 Å². The van der Waals surface area contributed by atoms with Gasteiger partial charge in [-0.25, -0.2) is 0 Å². The number of halogens is 3. The van der Waals surface area contributed by atoms with Gasteiger partial charge < -0.3 is 0 Å². The summed E-state index contributed by atoms with van der Waals surface area (Å²) in [6.07, 6.45) is -1.05. The van der Waals surface area contributed by atoms with E-state index in [-0.39, 0.29) is 16.4 Å². The predicted molar refractivity (Wildman–Crippen MR) is 170 cm³/mol. The number of hydrogen-bond acceptors (Lipinski definition) is 2. The molecular formula is C33H37F2IO3S. The molecule has 7 heteroatoms. The molecule has 0 heterocycles. The van der Waals surface area contributed by atoms with Gasteiger partial charge in [-0.15, -0.1) is 0 Å². The van der Waals surface area contributed by atoms with E-state index in [1.165, 1.54) is 28.3 Å². The second-order valence-corrected chi connectivity index (χ2v) is 14.8. The summed E-state index contributed by atoms with van der Waals surface area (Å²) in [5.41, 5.74) is 6.14. The van der Waals surface area contributed by atoms with Crippen LogP contribution >= 0.6 is 22.6 Å². The molecule has 3 nitrogen and oxygen atoms in total. The summed E-state index contributed by atoms with van der Waals surface area (Å²) in [4.78, 5) is 0. The van der Waals surface area contributed by atoms with Gasteiger partial charge in [0.2, 0.25) is 0 Å². The van der Waals surface area contributed by atoms with Crippen LogP contribution in [0.2, 0.25) is 0 Å². The SMILES string of the molecule is CC(C)(C)c1ccc(C(I)c2ccc(C(C)(C)C)cc2)cc1.O=S(=O)(O)C(F)(F)Cc1cccc2ccccc12. The summed E-state index contributed by atoms with van der Waals surface area (Å²) in [6, 6.07) is 29.7. The van der Waals surface area contributed by atoms with Gasteiger partial charge >= 0.3 is 15.4 Å². The van der Waals surface area contributed by atoms with Crippen LogP contribution in [0, 0.1) is 0 Å². The van der Waals surface area contributed by atoms with Crippen LogP contribution in [0.25, 0.3) is 10.8 Å². The molecule has 0 saturated carbocycles. The first-order valence-electron chi connectivity index (χ1n) is 13.1. The van der Waals surface area contributed by atoms with Crippen LogP contribution in [-0.2, 0) is 27.4 Å². The van der Waals surface area contributed by atoms with Crippen molar-refractivity contribution in [1.29, 1.82) is 0 Å². The Bertz CT molecular complexity index is 1470. The number of fused-ring (bicyclic) bond motifs is 1. The van der Waals surface area contributed by atoms with Crippen molar-refractivity contribution in [3.05, 3.63) is 119 Å². The first-order chi connectivity index (χ1) is 18.4. The minimum Gasteiger partial charge on any atom is -0.281 e. The normalized spacial score (nSPS) is 12.8. The smallest absolute Gasteiger partial charge is 0.281 e. The molecule has 40 heavy (non-hydrogen) atoms. The second-order valence-electron chi connectivity index (χ2n) is 12.0. The van der Waals surface area contributed by atoms with Crippen molar-refractivity contribution in [2.24, 2.45) is 0 Å². The lowest BCUT2D eigenvalue weighted by Gasteiger charge is -2.21. The van der Waals surface area contributed by atoms with Gasteiger partial charge in [0.05, 0.1) is 10.3 Å². The molecule has 0 aromatic heterocycles. The lowest BCUT2D eigenvalue weighted by molar-refractivity contribution is 0.0816. The Kier molecular flexibility index (Phi) is 9.85. The van der Waals surface area contributed by atoms with Crippen LogP contribution in [-0.4, -0.2) is 18.2 Å². The van der Waals surface area contributed by atoms with Gasteiger partial charge in [-0.1, -0.05) is 155 Å². The van der Waals surface area contributed by atoms with E-state index in [0.29, 0.717) is 9.31 Å². The maximum absolute atomic E-state index is 13.3. The summed E-state index contributed by atoms with van der Waals surface area (Å²) >= 11 is 2.54. The largest absolute Gasteiger partial charge is 0.373 e. The summed E-state index contributed by atoms with van der Waals surface area (Å²) in [5.74, 6) is 0.